The summed E-state index contributed by atoms with van der Waals surface area (Å²) in [6, 6.07) is 1.54. The maximum atomic E-state index is 9.19. The lowest BCUT2D eigenvalue weighted by Gasteiger charge is -2.45. The Kier molecular flexibility index (Phi) is 4.22. The van der Waals surface area contributed by atoms with Gasteiger partial charge in [0.05, 0.1) is 0 Å². The molecule has 3 heteroatoms. The van der Waals surface area contributed by atoms with Crippen LogP contribution in [0.3, 0.4) is 0 Å². The smallest absolute Gasteiger partial charge is 0.0434 e. The Bertz CT molecular complexity index is 263. The summed E-state index contributed by atoms with van der Waals surface area (Å²) in [5, 5.41) is 13.0. The molecule has 0 bridgehead atoms. The SMILES string of the molecule is OCCC1CC(NCC2CC2)CN(C2CCC2)C1. The maximum Gasteiger partial charge on any atom is 0.0434 e. The molecule has 3 nitrogen and oxygen atoms in total. The van der Waals surface area contributed by atoms with Crippen molar-refractivity contribution in [3.05, 3.63) is 0 Å². The minimum Gasteiger partial charge on any atom is -0.396 e. The third-order valence-corrected chi connectivity index (χ3v) is 5.09. The molecule has 0 radical (unpaired) electrons. The fourth-order valence-corrected chi connectivity index (χ4v) is 3.49. The molecule has 0 spiro atoms. The summed E-state index contributed by atoms with van der Waals surface area (Å²) >= 11 is 0. The fourth-order valence-electron chi connectivity index (χ4n) is 3.49. The van der Waals surface area contributed by atoms with Gasteiger partial charge < -0.3 is 10.4 Å². The Morgan fingerprint density at radius 1 is 1.06 bits per heavy atom. The Balaban J connectivity index is 1.50. The van der Waals surface area contributed by atoms with Crippen LogP contribution in [0.1, 0.15) is 44.9 Å². The van der Waals surface area contributed by atoms with E-state index in [2.05, 4.69) is 10.2 Å². The van der Waals surface area contributed by atoms with Gasteiger partial charge in [-0.2, -0.15) is 0 Å². The van der Waals surface area contributed by atoms with E-state index in [9.17, 15) is 5.11 Å². The van der Waals surface area contributed by atoms with Crippen molar-refractivity contribution in [1.82, 2.24) is 10.2 Å². The molecule has 104 valence electrons. The van der Waals surface area contributed by atoms with E-state index >= 15 is 0 Å². The molecule has 3 rings (SSSR count). The average Bonchev–Trinajstić information content (AvgIpc) is 3.08. The molecule has 0 amide bonds. The van der Waals surface area contributed by atoms with E-state index in [1.807, 2.05) is 0 Å². The number of rotatable bonds is 6. The molecule has 2 saturated carbocycles. The van der Waals surface area contributed by atoms with Gasteiger partial charge in [0, 0.05) is 31.8 Å². The summed E-state index contributed by atoms with van der Waals surface area (Å²) in [5.74, 6) is 1.68. The van der Waals surface area contributed by atoms with Gasteiger partial charge in [-0.05, 0) is 56.9 Å². The van der Waals surface area contributed by atoms with Crippen LogP contribution in [-0.4, -0.2) is 48.3 Å². The lowest BCUT2D eigenvalue weighted by atomic mass is 9.85. The van der Waals surface area contributed by atoms with Crippen LogP contribution in [0.2, 0.25) is 0 Å². The average molecular weight is 252 g/mol. The van der Waals surface area contributed by atoms with Crippen molar-refractivity contribution in [2.24, 2.45) is 11.8 Å². The van der Waals surface area contributed by atoms with Gasteiger partial charge in [0.15, 0.2) is 0 Å². The lowest BCUT2D eigenvalue weighted by Crippen LogP contribution is -2.54. The molecule has 1 heterocycles. The first-order chi connectivity index (χ1) is 8.85. The van der Waals surface area contributed by atoms with E-state index in [4.69, 9.17) is 0 Å². The van der Waals surface area contributed by atoms with Crippen molar-refractivity contribution in [3.63, 3.8) is 0 Å². The predicted octanol–water partition coefficient (Wildman–Crippen LogP) is 1.61. The Morgan fingerprint density at radius 2 is 1.89 bits per heavy atom. The molecular weight excluding hydrogens is 224 g/mol. The first-order valence-corrected chi connectivity index (χ1v) is 7.93. The molecule has 1 aliphatic heterocycles. The third-order valence-electron chi connectivity index (χ3n) is 5.09. The van der Waals surface area contributed by atoms with Crippen molar-refractivity contribution in [2.45, 2.75) is 57.0 Å². The van der Waals surface area contributed by atoms with Crippen molar-refractivity contribution in [1.29, 1.82) is 0 Å². The van der Waals surface area contributed by atoms with Crippen LogP contribution >= 0.6 is 0 Å². The second kappa shape index (κ2) is 5.89. The van der Waals surface area contributed by atoms with E-state index in [1.54, 1.807) is 0 Å². The number of nitrogens with one attached hydrogen (secondary N) is 1. The predicted molar refractivity (Wildman–Crippen MR) is 73.5 cm³/mol. The summed E-state index contributed by atoms with van der Waals surface area (Å²) in [6.45, 7) is 4.07. The van der Waals surface area contributed by atoms with Crippen LogP contribution in [0, 0.1) is 11.8 Å². The quantitative estimate of drug-likeness (QED) is 0.754. The zero-order chi connectivity index (χ0) is 12.4. The highest BCUT2D eigenvalue weighted by Gasteiger charge is 2.34. The summed E-state index contributed by atoms with van der Waals surface area (Å²) in [6.07, 6.45) is 9.37. The van der Waals surface area contributed by atoms with Gasteiger partial charge in [-0.15, -0.1) is 0 Å². The van der Waals surface area contributed by atoms with Gasteiger partial charge in [0.2, 0.25) is 0 Å². The molecule has 0 aromatic rings. The summed E-state index contributed by atoms with van der Waals surface area (Å²) in [7, 11) is 0. The number of likely N-dealkylation sites (tertiary alicyclic amines) is 1. The molecule has 3 fully saturated rings. The monoisotopic (exact) mass is 252 g/mol. The number of hydrogen-bond donors (Lipinski definition) is 2. The van der Waals surface area contributed by atoms with Crippen LogP contribution in [0.25, 0.3) is 0 Å². The van der Waals surface area contributed by atoms with E-state index in [0.717, 1.165) is 18.4 Å². The van der Waals surface area contributed by atoms with Crippen LogP contribution in [0.4, 0.5) is 0 Å². The molecule has 2 unspecified atom stereocenters. The van der Waals surface area contributed by atoms with E-state index in [0.29, 0.717) is 18.6 Å². The van der Waals surface area contributed by atoms with Crippen LogP contribution in [-0.2, 0) is 0 Å². The molecule has 3 aliphatic rings. The van der Waals surface area contributed by atoms with E-state index in [1.165, 1.54) is 58.2 Å². The minimum atomic E-state index is 0.360. The topological polar surface area (TPSA) is 35.5 Å². The van der Waals surface area contributed by atoms with Gasteiger partial charge >= 0.3 is 0 Å². The Morgan fingerprint density at radius 3 is 2.50 bits per heavy atom. The van der Waals surface area contributed by atoms with Gasteiger partial charge in [-0.1, -0.05) is 6.42 Å². The standard InChI is InChI=1S/C15H28N2O/c18-7-6-13-8-14(16-9-12-4-5-12)11-17(10-13)15-2-1-3-15/h12-16,18H,1-11H2. The van der Waals surface area contributed by atoms with Gasteiger partial charge in [0.25, 0.3) is 0 Å². The van der Waals surface area contributed by atoms with Crippen molar-refractivity contribution >= 4 is 0 Å². The molecule has 2 N–H and O–H groups in total. The second-order valence-electron chi connectivity index (χ2n) is 6.70. The molecule has 2 atom stereocenters. The van der Waals surface area contributed by atoms with Crippen LogP contribution in [0.15, 0.2) is 0 Å². The highest BCUT2D eigenvalue weighted by molar-refractivity contribution is 4.90. The lowest BCUT2D eigenvalue weighted by molar-refractivity contribution is 0.0506. The van der Waals surface area contributed by atoms with Gasteiger partial charge in [-0.3, -0.25) is 4.90 Å². The van der Waals surface area contributed by atoms with Crippen LogP contribution in [0.5, 0.6) is 0 Å². The van der Waals surface area contributed by atoms with Crippen molar-refractivity contribution < 1.29 is 5.11 Å². The second-order valence-corrected chi connectivity index (χ2v) is 6.70. The fraction of sp³-hybridized carbons (Fsp3) is 1.00. The Hall–Kier alpha value is -0.120. The normalized spacial score (nSPS) is 34.5. The largest absolute Gasteiger partial charge is 0.396 e. The number of aliphatic hydroxyl groups excluding tert-OH is 1. The van der Waals surface area contributed by atoms with E-state index in [-0.39, 0.29) is 0 Å². The number of hydrogen-bond acceptors (Lipinski definition) is 3. The number of aliphatic hydroxyl groups is 1. The third kappa shape index (κ3) is 3.25. The summed E-state index contributed by atoms with van der Waals surface area (Å²) < 4.78 is 0. The molecular formula is C15H28N2O. The zero-order valence-electron chi connectivity index (χ0n) is 11.5. The van der Waals surface area contributed by atoms with Crippen molar-refractivity contribution in [3.8, 4) is 0 Å². The minimum absolute atomic E-state index is 0.360. The maximum absolute atomic E-state index is 9.19. The van der Waals surface area contributed by atoms with Crippen LogP contribution < -0.4 is 5.32 Å². The Labute approximate surface area is 111 Å². The first-order valence-electron chi connectivity index (χ1n) is 7.93. The van der Waals surface area contributed by atoms with Gasteiger partial charge in [-0.25, -0.2) is 0 Å². The van der Waals surface area contributed by atoms with Gasteiger partial charge in [0.1, 0.15) is 0 Å². The summed E-state index contributed by atoms with van der Waals surface area (Å²) in [4.78, 5) is 2.71. The highest BCUT2D eigenvalue weighted by Crippen LogP contribution is 2.31. The molecule has 0 aromatic heterocycles. The zero-order valence-corrected chi connectivity index (χ0v) is 11.5. The first kappa shape index (κ1) is 12.9. The molecule has 2 aliphatic carbocycles. The van der Waals surface area contributed by atoms with E-state index < -0.39 is 0 Å². The highest BCUT2D eigenvalue weighted by atomic mass is 16.3. The summed E-state index contributed by atoms with van der Waals surface area (Å²) in [5.41, 5.74) is 0. The molecule has 0 aromatic carbocycles. The number of nitrogens with zero attached hydrogens (tertiary/aromatic N) is 1. The number of piperidine rings is 1. The van der Waals surface area contributed by atoms with Crippen molar-refractivity contribution in [2.75, 3.05) is 26.2 Å². The molecule has 1 saturated heterocycles. The molecule has 18 heavy (non-hydrogen) atoms.